The standard InChI is InChI=1S/C27H31FN4O4/c1-4-30-17-22(27(35)29-10-9-19-5-7-20(36-3)8-6-19)26(34)21-15-23(28)25(16-24(21)30)32-13-11-31(12-14-32)18(2)33/h5-8,15-17H,4,9-14H2,1-3H3,(H,29,35). The second-order valence-electron chi connectivity index (χ2n) is 8.83. The predicted molar refractivity (Wildman–Crippen MR) is 137 cm³/mol. The van der Waals surface area contributed by atoms with Crippen LogP contribution >= 0.6 is 0 Å². The Labute approximate surface area is 209 Å². The van der Waals surface area contributed by atoms with Crippen molar-refractivity contribution in [2.75, 3.05) is 44.7 Å². The Kier molecular flexibility index (Phi) is 7.57. The highest BCUT2D eigenvalue weighted by atomic mass is 19.1. The first-order chi connectivity index (χ1) is 17.3. The molecular formula is C27H31FN4O4. The number of rotatable bonds is 7. The number of carbonyl (C=O) groups is 2. The number of hydrogen-bond donors (Lipinski definition) is 1. The zero-order valence-corrected chi connectivity index (χ0v) is 20.8. The number of nitrogens with zero attached hydrogens (tertiary/aromatic N) is 3. The van der Waals surface area contributed by atoms with E-state index in [0.29, 0.717) is 56.9 Å². The van der Waals surface area contributed by atoms with Crippen molar-refractivity contribution in [1.29, 1.82) is 0 Å². The number of halogens is 1. The number of amides is 2. The zero-order chi connectivity index (χ0) is 25.8. The van der Waals surface area contributed by atoms with E-state index < -0.39 is 17.2 Å². The van der Waals surface area contributed by atoms with Crippen LogP contribution in [-0.2, 0) is 17.8 Å². The topological polar surface area (TPSA) is 83.9 Å². The highest BCUT2D eigenvalue weighted by Crippen LogP contribution is 2.26. The molecule has 1 fully saturated rings. The molecule has 9 heteroatoms. The van der Waals surface area contributed by atoms with Crippen LogP contribution in [0.2, 0.25) is 0 Å². The van der Waals surface area contributed by atoms with Crippen molar-refractivity contribution in [1.82, 2.24) is 14.8 Å². The van der Waals surface area contributed by atoms with Crippen LogP contribution in [0.15, 0.2) is 47.4 Å². The van der Waals surface area contributed by atoms with Crippen LogP contribution in [0.1, 0.15) is 29.8 Å². The third-order valence-electron chi connectivity index (χ3n) is 6.66. The lowest BCUT2D eigenvalue weighted by atomic mass is 10.1. The van der Waals surface area contributed by atoms with Crippen molar-refractivity contribution < 1.29 is 18.7 Å². The number of ether oxygens (including phenoxy) is 1. The highest BCUT2D eigenvalue weighted by Gasteiger charge is 2.23. The lowest BCUT2D eigenvalue weighted by Crippen LogP contribution is -2.48. The quantitative estimate of drug-likeness (QED) is 0.546. The van der Waals surface area contributed by atoms with E-state index in [9.17, 15) is 14.4 Å². The summed E-state index contributed by atoms with van der Waals surface area (Å²) in [4.78, 5) is 41.3. The predicted octanol–water partition coefficient (Wildman–Crippen LogP) is 2.81. The van der Waals surface area contributed by atoms with E-state index in [1.165, 1.54) is 13.0 Å². The van der Waals surface area contributed by atoms with Crippen LogP contribution in [0.4, 0.5) is 10.1 Å². The normalized spacial score (nSPS) is 13.7. The summed E-state index contributed by atoms with van der Waals surface area (Å²) in [5.41, 5.74) is 1.48. The minimum Gasteiger partial charge on any atom is -0.497 e. The number of benzene rings is 2. The first-order valence-corrected chi connectivity index (χ1v) is 12.1. The molecule has 8 nitrogen and oxygen atoms in total. The van der Waals surface area contributed by atoms with Crippen LogP contribution in [0.25, 0.3) is 10.9 Å². The van der Waals surface area contributed by atoms with Crippen molar-refractivity contribution in [3.05, 3.63) is 69.8 Å². The number of nitrogens with one attached hydrogen (secondary N) is 1. The summed E-state index contributed by atoms with van der Waals surface area (Å²) >= 11 is 0. The zero-order valence-electron chi connectivity index (χ0n) is 20.8. The molecule has 2 amide bonds. The molecule has 0 radical (unpaired) electrons. The molecule has 0 aliphatic carbocycles. The molecule has 0 unspecified atom stereocenters. The van der Waals surface area contributed by atoms with Crippen LogP contribution in [0.5, 0.6) is 5.75 Å². The molecule has 2 aromatic carbocycles. The summed E-state index contributed by atoms with van der Waals surface area (Å²) in [6.45, 7) is 6.34. The van der Waals surface area contributed by atoms with Gasteiger partial charge in [0.2, 0.25) is 11.3 Å². The Balaban J connectivity index is 1.55. The second-order valence-corrected chi connectivity index (χ2v) is 8.83. The Hall–Kier alpha value is -3.88. The van der Waals surface area contributed by atoms with Gasteiger partial charge in [-0.1, -0.05) is 12.1 Å². The number of anilines is 1. The molecule has 190 valence electrons. The van der Waals surface area contributed by atoms with E-state index in [-0.39, 0.29) is 16.9 Å². The molecule has 0 bridgehead atoms. The lowest BCUT2D eigenvalue weighted by molar-refractivity contribution is -0.129. The van der Waals surface area contributed by atoms with Crippen LogP contribution in [0.3, 0.4) is 0 Å². The van der Waals surface area contributed by atoms with Crippen LogP contribution in [-0.4, -0.2) is 61.1 Å². The fourth-order valence-corrected chi connectivity index (χ4v) is 4.54. The number of fused-ring (bicyclic) bond motifs is 1. The minimum absolute atomic E-state index is 0.00302. The van der Waals surface area contributed by atoms with Gasteiger partial charge in [0.15, 0.2) is 0 Å². The van der Waals surface area contributed by atoms with Crippen molar-refractivity contribution in [3.8, 4) is 5.75 Å². The maximum Gasteiger partial charge on any atom is 0.256 e. The van der Waals surface area contributed by atoms with Crippen LogP contribution in [0, 0.1) is 5.82 Å². The van der Waals surface area contributed by atoms with Gasteiger partial charge >= 0.3 is 0 Å². The molecule has 0 spiro atoms. The molecule has 4 rings (SSSR count). The van der Waals surface area contributed by atoms with E-state index in [2.05, 4.69) is 5.32 Å². The molecule has 36 heavy (non-hydrogen) atoms. The highest BCUT2D eigenvalue weighted by molar-refractivity contribution is 5.97. The fraction of sp³-hybridized carbons (Fsp3) is 0.370. The largest absolute Gasteiger partial charge is 0.497 e. The SMILES string of the molecule is CCn1cc(C(=O)NCCc2ccc(OC)cc2)c(=O)c2cc(F)c(N3CCN(C(C)=O)CC3)cc21. The monoisotopic (exact) mass is 494 g/mol. The summed E-state index contributed by atoms with van der Waals surface area (Å²) < 4.78 is 22.1. The summed E-state index contributed by atoms with van der Waals surface area (Å²) in [6.07, 6.45) is 2.14. The molecule has 1 N–H and O–H groups in total. The molecule has 3 aromatic rings. The van der Waals surface area contributed by atoms with Gasteiger partial charge in [-0.15, -0.1) is 0 Å². The maximum atomic E-state index is 15.2. The second kappa shape index (κ2) is 10.8. The Morgan fingerprint density at radius 2 is 1.78 bits per heavy atom. The Morgan fingerprint density at radius 1 is 1.08 bits per heavy atom. The van der Waals surface area contributed by atoms with Gasteiger partial charge < -0.3 is 24.4 Å². The average Bonchev–Trinajstić information content (AvgIpc) is 2.89. The molecule has 1 aliphatic heterocycles. The summed E-state index contributed by atoms with van der Waals surface area (Å²) in [5.74, 6) is -0.242. The first kappa shape index (κ1) is 25.2. The van der Waals surface area contributed by atoms with Gasteiger partial charge in [0, 0.05) is 57.8 Å². The van der Waals surface area contributed by atoms with Gasteiger partial charge in [-0.25, -0.2) is 4.39 Å². The summed E-state index contributed by atoms with van der Waals surface area (Å²) in [7, 11) is 1.60. The van der Waals surface area contributed by atoms with Gasteiger partial charge in [0.1, 0.15) is 17.1 Å². The number of methoxy groups -OCH3 is 1. The van der Waals surface area contributed by atoms with Crippen LogP contribution < -0.4 is 20.4 Å². The molecule has 1 aliphatic rings. The van der Waals surface area contributed by atoms with E-state index in [0.717, 1.165) is 11.3 Å². The Morgan fingerprint density at radius 3 is 2.39 bits per heavy atom. The van der Waals surface area contributed by atoms with Gasteiger partial charge in [0.05, 0.1) is 18.3 Å². The van der Waals surface area contributed by atoms with Gasteiger partial charge in [0.25, 0.3) is 5.91 Å². The number of aromatic nitrogens is 1. The number of piperazine rings is 1. The van der Waals surface area contributed by atoms with Gasteiger partial charge in [-0.2, -0.15) is 0 Å². The molecular weight excluding hydrogens is 463 g/mol. The molecule has 0 atom stereocenters. The number of aryl methyl sites for hydroxylation is 1. The van der Waals surface area contributed by atoms with E-state index in [1.54, 1.807) is 28.8 Å². The van der Waals surface area contributed by atoms with E-state index in [4.69, 9.17) is 4.74 Å². The van der Waals surface area contributed by atoms with Crippen molar-refractivity contribution in [3.63, 3.8) is 0 Å². The third kappa shape index (κ3) is 5.19. The molecule has 1 saturated heterocycles. The average molecular weight is 495 g/mol. The number of carbonyl (C=O) groups excluding carboxylic acids is 2. The fourth-order valence-electron chi connectivity index (χ4n) is 4.54. The van der Waals surface area contributed by atoms with E-state index >= 15 is 4.39 Å². The van der Waals surface area contributed by atoms with Crippen molar-refractivity contribution in [2.45, 2.75) is 26.8 Å². The molecule has 0 saturated carbocycles. The summed E-state index contributed by atoms with van der Waals surface area (Å²) in [5, 5.41) is 2.98. The van der Waals surface area contributed by atoms with Crippen molar-refractivity contribution >= 4 is 28.4 Å². The maximum absolute atomic E-state index is 15.2. The lowest BCUT2D eigenvalue weighted by Gasteiger charge is -2.36. The van der Waals surface area contributed by atoms with Gasteiger partial charge in [-0.05, 0) is 43.2 Å². The van der Waals surface area contributed by atoms with Gasteiger partial charge in [-0.3, -0.25) is 14.4 Å². The molecule has 1 aromatic heterocycles. The number of hydrogen-bond acceptors (Lipinski definition) is 5. The third-order valence-corrected chi connectivity index (χ3v) is 6.66. The Bertz CT molecular complexity index is 1330. The molecule has 2 heterocycles. The van der Waals surface area contributed by atoms with E-state index in [1.807, 2.05) is 36.1 Å². The first-order valence-electron chi connectivity index (χ1n) is 12.1. The van der Waals surface area contributed by atoms with Crippen molar-refractivity contribution in [2.24, 2.45) is 0 Å². The smallest absolute Gasteiger partial charge is 0.256 e. The number of pyridine rings is 1. The minimum atomic E-state index is -0.518. The summed E-state index contributed by atoms with van der Waals surface area (Å²) in [6, 6.07) is 10.4.